The van der Waals surface area contributed by atoms with Gasteiger partial charge in [0, 0.05) is 16.1 Å². The minimum atomic E-state index is -3.45. The van der Waals surface area contributed by atoms with Crippen LogP contribution in [0.4, 0.5) is 0 Å². The maximum absolute atomic E-state index is 13.7. The van der Waals surface area contributed by atoms with Crippen LogP contribution in [0.3, 0.4) is 0 Å². The van der Waals surface area contributed by atoms with Crippen molar-refractivity contribution in [3.8, 4) is 0 Å². The van der Waals surface area contributed by atoms with Gasteiger partial charge >= 0.3 is 5.97 Å². The average molecular weight is 571 g/mol. The molecule has 1 fully saturated rings. The molecule has 3 rings (SSSR count). The SMILES string of the molecule is CCC(C)(C)S(=O)(=O)CC[C@H](C)N1C(=O)[C@H](CC(=O)O)O[C@H](c2cccc(Cl)c2)[C@H]1c1ccc(Cl)cc1. The lowest BCUT2D eigenvalue weighted by Crippen LogP contribution is -2.55. The molecule has 2 aromatic rings. The number of carboxylic acid groups (broad SMARTS) is 1. The second-order valence-corrected chi connectivity index (χ2v) is 13.6. The summed E-state index contributed by atoms with van der Waals surface area (Å²) >= 11 is 12.4. The molecule has 0 aliphatic carbocycles. The summed E-state index contributed by atoms with van der Waals surface area (Å²) < 4.78 is 31.3. The molecule has 0 saturated carbocycles. The second-order valence-electron chi connectivity index (χ2n) is 10.0. The number of carbonyl (C=O) groups is 2. The summed E-state index contributed by atoms with van der Waals surface area (Å²) in [7, 11) is -3.45. The van der Waals surface area contributed by atoms with E-state index in [0.29, 0.717) is 22.0 Å². The predicted molar refractivity (Wildman–Crippen MR) is 145 cm³/mol. The fourth-order valence-corrected chi connectivity index (χ4v) is 6.41. The number of halogens is 2. The molecular formula is C27H33Cl2NO6S. The summed E-state index contributed by atoms with van der Waals surface area (Å²) in [4.78, 5) is 26.9. The first kappa shape index (κ1) is 29.4. The van der Waals surface area contributed by atoms with Crippen molar-refractivity contribution in [1.82, 2.24) is 4.90 Å². The van der Waals surface area contributed by atoms with Crippen molar-refractivity contribution in [1.29, 1.82) is 0 Å². The Labute approximate surface area is 228 Å². The summed E-state index contributed by atoms with van der Waals surface area (Å²) in [5.74, 6) is -1.79. The summed E-state index contributed by atoms with van der Waals surface area (Å²) in [6.07, 6.45) is -1.85. The van der Waals surface area contributed by atoms with Gasteiger partial charge in [0.15, 0.2) is 9.84 Å². The summed E-state index contributed by atoms with van der Waals surface area (Å²) in [6.45, 7) is 7.01. The fourth-order valence-electron chi connectivity index (χ4n) is 4.44. The molecule has 7 nitrogen and oxygen atoms in total. The van der Waals surface area contributed by atoms with Gasteiger partial charge in [0.1, 0.15) is 12.2 Å². The summed E-state index contributed by atoms with van der Waals surface area (Å²) in [5.41, 5.74) is 1.40. The van der Waals surface area contributed by atoms with E-state index in [1.165, 1.54) is 0 Å². The number of hydrogen-bond acceptors (Lipinski definition) is 5. The Bertz CT molecular complexity index is 1230. The minimum absolute atomic E-state index is 0.113. The number of ether oxygens (including phenoxy) is 1. The first-order chi connectivity index (χ1) is 17.3. The highest BCUT2D eigenvalue weighted by atomic mass is 35.5. The van der Waals surface area contributed by atoms with Crippen molar-refractivity contribution in [2.75, 3.05) is 5.75 Å². The van der Waals surface area contributed by atoms with E-state index in [-0.39, 0.29) is 12.2 Å². The third kappa shape index (κ3) is 6.66. The number of nitrogens with zero attached hydrogens (tertiary/aromatic N) is 1. The van der Waals surface area contributed by atoms with Gasteiger partial charge in [0.25, 0.3) is 5.91 Å². The van der Waals surface area contributed by atoms with Gasteiger partial charge in [-0.05, 0) is 69.0 Å². The number of aliphatic carboxylic acids is 1. The van der Waals surface area contributed by atoms with Crippen LogP contribution in [-0.4, -0.2) is 52.9 Å². The number of hydrogen-bond donors (Lipinski definition) is 1. The molecule has 0 bridgehead atoms. The Balaban J connectivity index is 2.09. The molecule has 1 amide bonds. The molecule has 10 heteroatoms. The van der Waals surface area contributed by atoms with E-state index in [1.807, 2.05) is 13.0 Å². The molecule has 0 radical (unpaired) electrons. The highest BCUT2D eigenvalue weighted by Gasteiger charge is 2.47. The Kier molecular flexibility index (Phi) is 9.32. The standard InChI is InChI=1S/C27H33Cl2NO6S/c1-5-27(3,4)37(34,35)14-13-17(2)30-24(18-9-11-20(28)12-10-18)25(19-7-6-8-21(29)15-19)36-22(26(30)33)16-23(31)32/h6-12,15,17,22,24-25H,5,13-14,16H2,1-4H3,(H,31,32)/t17-,22-,24+,25+/m0/s1. The number of morpholine rings is 1. The number of benzene rings is 2. The van der Waals surface area contributed by atoms with Gasteiger partial charge in [0.2, 0.25) is 0 Å². The molecule has 1 saturated heterocycles. The lowest BCUT2D eigenvalue weighted by Gasteiger charge is -2.47. The van der Waals surface area contributed by atoms with E-state index in [9.17, 15) is 23.1 Å². The van der Waals surface area contributed by atoms with Crippen LogP contribution in [-0.2, 0) is 24.2 Å². The van der Waals surface area contributed by atoms with Crippen molar-refractivity contribution in [2.45, 2.75) is 76.0 Å². The van der Waals surface area contributed by atoms with Gasteiger partial charge in [-0.2, -0.15) is 0 Å². The van der Waals surface area contributed by atoms with Crippen molar-refractivity contribution in [3.63, 3.8) is 0 Å². The van der Waals surface area contributed by atoms with Crippen LogP contribution < -0.4 is 0 Å². The smallest absolute Gasteiger partial charge is 0.306 e. The van der Waals surface area contributed by atoms with Crippen LogP contribution in [0.2, 0.25) is 10.0 Å². The van der Waals surface area contributed by atoms with E-state index in [2.05, 4.69) is 0 Å². The molecule has 1 aliphatic rings. The average Bonchev–Trinajstić information content (AvgIpc) is 2.83. The third-order valence-electron chi connectivity index (χ3n) is 7.15. The zero-order valence-corrected chi connectivity index (χ0v) is 23.7. The Morgan fingerprint density at radius 2 is 1.76 bits per heavy atom. The first-order valence-electron chi connectivity index (χ1n) is 12.2. The van der Waals surface area contributed by atoms with E-state index in [4.69, 9.17) is 27.9 Å². The molecule has 1 heterocycles. The molecule has 2 aromatic carbocycles. The second kappa shape index (κ2) is 11.7. The Hall–Kier alpha value is -2.13. The predicted octanol–water partition coefficient (Wildman–Crippen LogP) is 5.86. The number of sulfone groups is 1. The first-order valence-corrected chi connectivity index (χ1v) is 14.6. The van der Waals surface area contributed by atoms with E-state index < -0.39 is 57.2 Å². The fraction of sp³-hybridized carbons (Fsp3) is 0.481. The van der Waals surface area contributed by atoms with Crippen molar-refractivity contribution in [2.24, 2.45) is 0 Å². The number of carbonyl (C=O) groups excluding carboxylic acids is 1. The van der Waals surface area contributed by atoms with Gasteiger partial charge in [-0.15, -0.1) is 0 Å². The number of rotatable bonds is 10. The molecule has 1 N–H and O–H groups in total. The molecule has 202 valence electrons. The van der Waals surface area contributed by atoms with Crippen LogP contribution >= 0.6 is 23.2 Å². The number of amides is 1. The van der Waals surface area contributed by atoms with E-state index in [0.717, 1.165) is 5.56 Å². The molecule has 4 atom stereocenters. The lowest BCUT2D eigenvalue weighted by molar-refractivity contribution is -0.182. The van der Waals surface area contributed by atoms with Crippen LogP contribution in [0, 0.1) is 0 Å². The highest BCUT2D eigenvalue weighted by molar-refractivity contribution is 7.92. The van der Waals surface area contributed by atoms with Gasteiger partial charge in [-0.25, -0.2) is 8.42 Å². The largest absolute Gasteiger partial charge is 0.481 e. The quantitative estimate of drug-likeness (QED) is 0.384. The van der Waals surface area contributed by atoms with Crippen molar-refractivity contribution in [3.05, 3.63) is 69.7 Å². The molecule has 37 heavy (non-hydrogen) atoms. The zero-order valence-electron chi connectivity index (χ0n) is 21.4. The number of carboxylic acids is 1. The maximum Gasteiger partial charge on any atom is 0.306 e. The summed E-state index contributed by atoms with van der Waals surface area (Å²) in [6, 6.07) is 12.8. The normalized spacial score (nSPS) is 21.6. The summed E-state index contributed by atoms with van der Waals surface area (Å²) in [5, 5.41) is 10.5. The van der Waals surface area contributed by atoms with Crippen molar-refractivity contribution < 1.29 is 27.9 Å². The molecule has 0 aromatic heterocycles. The highest BCUT2D eigenvalue weighted by Crippen LogP contribution is 2.44. The monoisotopic (exact) mass is 569 g/mol. The van der Waals surface area contributed by atoms with Gasteiger partial charge in [-0.3, -0.25) is 9.59 Å². The van der Waals surface area contributed by atoms with Gasteiger partial charge in [0.05, 0.1) is 23.0 Å². The van der Waals surface area contributed by atoms with Gasteiger partial charge < -0.3 is 14.7 Å². The topological polar surface area (TPSA) is 101 Å². The van der Waals surface area contributed by atoms with E-state index >= 15 is 0 Å². The molecule has 0 unspecified atom stereocenters. The Morgan fingerprint density at radius 3 is 2.32 bits per heavy atom. The molecular weight excluding hydrogens is 537 g/mol. The molecule has 0 spiro atoms. The third-order valence-corrected chi connectivity index (χ3v) is 10.4. The maximum atomic E-state index is 13.7. The Morgan fingerprint density at radius 1 is 1.11 bits per heavy atom. The zero-order chi connectivity index (χ0) is 27.5. The minimum Gasteiger partial charge on any atom is -0.481 e. The van der Waals surface area contributed by atoms with Gasteiger partial charge in [-0.1, -0.05) is 54.4 Å². The van der Waals surface area contributed by atoms with Crippen LogP contribution in [0.5, 0.6) is 0 Å². The van der Waals surface area contributed by atoms with Crippen LogP contribution in [0.1, 0.15) is 70.2 Å². The van der Waals surface area contributed by atoms with E-state index in [1.54, 1.807) is 68.1 Å². The van der Waals surface area contributed by atoms with Crippen LogP contribution in [0.25, 0.3) is 0 Å². The van der Waals surface area contributed by atoms with Crippen molar-refractivity contribution >= 4 is 44.9 Å². The molecule has 1 aliphatic heterocycles. The van der Waals surface area contributed by atoms with Crippen LogP contribution in [0.15, 0.2) is 48.5 Å². The lowest BCUT2D eigenvalue weighted by atomic mass is 9.89.